The highest BCUT2D eigenvalue weighted by atomic mass is 35.5. The Morgan fingerprint density at radius 1 is 1.22 bits per heavy atom. The van der Waals surface area contributed by atoms with Crippen LogP contribution in [-0.2, 0) is 14.3 Å². The van der Waals surface area contributed by atoms with Gasteiger partial charge in [0.1, 0.15) is 17.6 Å². The van der Waals surface area contributed by atoms with Crippen LogP contribution in [0.3, 0.4) is 0 Å². The number of furan rings is 1. The molecule has 2 aromatic rings. The fourth-order valence-corrected chi connectivity index (χ4v) is 3.71. The maximum absolute atomic E-state index is 12.8. The van der Waals surface area contributed by atoms with Gasteiger partial charge in [-0.1, -0.05) is 11.6 Å². The number of Topliss-reactive ketones (excluding diaryl/α,β-unsaturated/α-hetero) is 1. The van der Waals surface area contributed by atoms with E-state index >= 15 is 0 Å². The summed E-state index contributed by atoms with van der Waals surface area (Å²) in [6, 6.07) is 9.01. The molecular weight excluding hydrogens is 370 g/mol. The number of ketones is 1. The van der Waals surface area contributed by atoms with Gasteiger partial charge in [0.25, 0.3) is 11.7 Å². The van der Waals surface area contributed by atoms with Gasteiger partial charge in [0.15, 0.2) is 0 Å². The van der Waals surface area contributed by atoms with E-state index in [1.165, 1.54) is 11.2 Å². The van der Waals surface area contributed by atoms with Crippen molar-refractivity contribution in [3.8, 4) is 0 Å². The lowest BCUT2D eigenvalue weighted by Crippen LogP contribution is -2.36. The van der Waals surface area contributed by atoms with E-state index in [0.29, 0.717) is 23.0 Å². The van der Waals surface area contributed by atoms with Crippen LogP contribution in [0.5, 0.6) is 0 Å². The van der Waals surface area contributed by atoms with Gasteiger partial charge in [-0.3, -0.25) is 9.59 Å². The Hall–Kier alpha value is -2.57. The number of benzene rings is 1. The number of rotatable bonds is 4. The number of amides is 1. The average Bonchev–Trinajstić information content (AvgIpc) is 3.40. The van der Waals surface area contributed by atoms with Crippen molar-refractivity contribution in [3.63, 3.8) is 0 Å². The van der Waals surface area contributed by atoms with Gasteiger partial charge in [-0.05, 0) is 49.2 Å². The topological polar surface area (TPSA) is 80.0 Å². The van der Waals surface area contributed by atoms with E-state index in [1.807, 2.05) is 0 Å². The highest BCUT2D eigenvalue weighted by Crippen LogP contribution is 2.40. The molecule has 2 aliphatic rings. The molecule has 0 spiro atoms. The molecule has 2 unspecified atom stereocenters. The van der Waals surface area contributed by atoms with Crippen molar-refractivity contribution in [1.29, 1.82) is 0 Å². The molecular formula is C20H18ClNO5. The predicted octanol–water partition coefficient (Wildman–Crippen LogP) is 3.53. The summed E-state index contributed by atoms with van der Waals surface area (Å²) in [5, 5.41) is 11.3. The highest BCUT2D eigenvalue weighted by Gasteiger charge is 2.48. The summed E-state index contributed by atoms with van der Waals surface area (Å²) >= 11 is 5.90. The molecule has 6 nitrogen and oxygen atoms in total. The third kappa shape index (κ3) is 3.26. The maximum Gasteiger partial charge on any atom is 0.295 e. The van der Waals surface area contributed by atoms with Crippen LogP contribution in [0.2, 0.25) is 5.02 Å². The fraction of sp³-hybridized carbons (Fsp3) is 0.300. The number of hydrogen-bond acceptors (Lipinski definition) is 5. The van der Waals surface area contributed by atoms with Gasteiger partial charge in [-0.15, -0.1) is 0 Å². The van der Waals surface area contributed by atoms with Crippen molar-refractivity contribution in [3.05, 3.63) is 64.6 Å². The van der Waals surface area contributed by atoms with Crippen molar-refractivity contribution >= 4 is 29.1 Å². The Balaban J connectivity index is 1.78. The zero-order valence-corrected chi connectivity index (χ0v) is 15.2. The number of nitrogens with zero attached hydrogens (tertiary/aromatic N) is 1. The first-order valence-electron chi connectivity index (χ1n) is 8.75. The summed E-state index contributed by atoms with van der Waals surface area (Å²) in [6.45, 7) is 0.915. The van der Waals surface area contributed by atoms with Crippen molar-refractivity contribution in [1.82, 2.24) is 4.90 Å². The molecule has 0 saturated carbocycles. The van der Waals surface area contributed by atoms with Gasteiger partial charge in [0.05, 0.1) is 17.9 Å². The standard InChI is InChI=1S/C20H18ClNO5/c21-13-7-5-12(6-8-13)18(23)16-17(15-4-2-10-27-15)22(20(25)19(16)24)11-14-3-1-9-26-14/h2,4-8,10,14,17,23H,1,3,9,11H2. The van der Waals surface area contributed by atoms with Crippen LogP contribution in [0.15, 0.2) is 52.7 Å². The van der Waals surface area contributed by atoms with E-state index in [9.17, 15) is 14.7 Å². The molecule has 7 heteroatoms. The molecule has 1 N–H and O–H groups in total. The molecule has 27 heavy (non-hydrogen) atoms. The van der Waals surface area contributed by atoms with Gasteiger partial charge >= 0.3 is 0 Å². The molecule has 2 atom stereocenters. The van der Waals surface area contributed by atoms with E-state index < -0.39 is 17.7 Å². The summed E-state index contributed by atoms with van der Waals surface area (Å²) in [4.78, 5) is 26.9. The van der Waals surface area contributed by atoms with Crippen LogP contribution in [0, 0.1) is 0 Å². The summed E-state index contributed by atoms with van der Waals surface area (Å²) < 4.78 is 11.1. The summed E-state index contributed by atoms with van der Waals surface area (Å²) in [6.07, 6.45) is 3.09. The number of hydrogen-bond donors (Lipinski definition) is 1. The number of aliphatic hydroxyl groups is 1. The maximum atomic E-state index is 12.8. The SMILES string of the molecule is O=C1C(=O)N(CC2CCCO2)C(c2ccco2)C1=C(O)c1ccc(Cl)cc1. The lowest BCUT2D eigenvalue weighted by Gasteiger charge is -2.25. The van der Waals surface area contributed by atoms with Crippen molar-refractivity contribution in [2.75, 3.05) is 13.2 Å². The molecule has 0 radical (unpaired) electrons. The molecule has 0 aliphatic carbocycles. The first-order chi connectivity index (χ1) is 13.1. The molecule has 2 fully saturated rings. The monoisotopic (exact) mass is 387 g/mol. The van der Waals surface area contributed by atoms with E-state index in [0.717, 1.165) is 12.8 Å². The number of likely N-dealkylation sites (tertiary alicyclic amines) is 1. The van der Waals surface area contributed by atoms with Gasteiger partial charge < -0.3 is 19.2 Å². The van der Waals surface area contributed by atoms with Crippen LogP contribution >= 0.6 is 11.6 Å². The molecule has 3 heterocycles. The molecule has 1 aromatic heterocycles. The van der Waals surface area contributed by atoms with Gasteiger partial charge in [0, 0.05) is 23.7 Å². The summed E-state index contributed by atoms with van der Waals surface area (Å²) in [5.41, 5.74) is 0.418. The Labute approximate surface area is 161 Å². The smallest absolute Gasteiger partial charge is 0.295 e. The second-order valence-corrected chi connectivity index (χ2v) is 7.05. The highest BCUT2D eigenvalue weighted by molar-refractivity contribution is 6.46. The Morgan fingerprint density at radius 2 is 2.00 bits per heavy atom. The van der Waals surface area contributed by atoms with E-state index in [-0.39, 0.29) is 24.0 Å². The minimum absolute atomic E-state index is 0.00951. The van der Waals surface area contributed by atoms with Gasteiger partial charge in [-0.25, -0.2) is 0 Å². The minimum Gasteiger partial charge on any atom is -0.507 e. The van der Waals surface area contributed by atoms with E-state index in [2.05, 4.69) is 0 Å². The number of carbonyl (C=O) groups is 2. The molecule has 4 rings (SSSR count). The van der Waals surface area contributed by atoms with Crippen molar-refractivity contribution in [2.45, 2.75) is 25.0 Å². The molecule has 1 aromatic carbocycles. The lowest BCUT2D eigenvalue weighted by molar-refractivity contribution is -0.141. The Morgan fingerprint density at radius 3 is 2.63 bits per heavy atom. The quantitative estimate of drug-likeness (QED) is 0.493. The third-order valence-corrected chi connectivity index (χ3v) is 5.15. The second-order valence-electron chi connectivity index (χ2n) is 6.61. The number of carbonyl (C=O) groups excluding carboxylic acids is 2. The molecule has 2 saturated heterocycles. The van der Waals surface area contributed by atoms with Crippen LogP contribution in [0.4, 0.5) is 0 Å². The van der Waals surface area contributed by atoms with Crippen LogP contribution in [0.1, 0.15) is 30.2 Å². The van der Waals surface area contributed by atoms with Crippen LogP contribution in [-0.4, -0.2) is 41.0 Å². The zero-order chi connectivity index (χ0) is 19.0. The fourth-order valence-electron chi connectivity index (χ4n) is 3.58. The Kier molecular flexibility index (Phi) is 4.76. The third-order valence-electron chi connectivity index (χ3n) is 4.89. The summed E-state index contributed by atoms with van der Waals surface area (Å²) in [5.74, 6) is -1.23. The second kappa shape index (κ2) is 7.21. The summed E-state index contributed by atoms with van der Waals surface area (Å²) in [7, 11) is 0. The molecule has 0 bridgehead atoms. The normalized spacial score (nSPS) is 24.7. The average molecular weight is 388 g/mol. The van der Waals surface area contributed by atoms with Gasteiger partial charge in [0.2, 0.25) is 0 Å². The first kappa shape index (κ1) is 17.8. The van der Waals surface area contributed by atoms with E-state index in [4.69, 9.17) is 20.8 Å². The lowest BCUT2D eigenvalue weighted by atomic mass is 9.99. The Bertz CT molecular complexity index is 882. The zero-order valence-electron chi connectivity index (χ0n) is 14.4. The van der Waals surface area contributed by atoms with Crippen molar-refractivity contribution in [2.24, 2.45) is 0 Å². The van der Waals surface area contributed by atoms with Crippen LogP contribution < -0.4 is 0 Å². The number of aliphatic hydroxyl groups excluding tert-OH is 1. The van der Waals surface area contributed by atoms with Crippen LogP contribution in [0.25, 0.3) is 5.76 Å². The number of ether oxygens (including phenoxy) is 1. The van der Waals surface area contributed by atoms with E-state index in [1.54, 1.807) is 36.4 Å². The van der Waals surface area contributed by atoms with Gasteiger partial charge in [-0.2, -0.15) is 0 Å². The number of halogens is 1. The van der Waals surface area contributed by atoms with Crippen molar-refractivity contribution < 1.29 is 23.8 Å². The molecule has 1 amide bonds. The predicted molar refractivity (Wildman–Crippen MR) is 98.1 cm³/mol. The molecule has 2 aliphatic heterocycles. The molecule has 140 valence electrons. The first-order valence-corrected chi connectivity index (χ1v) is 9.13. The largest absolute Gasteiger partial charge is 0.507 e. The minimum atomic E-state index is -0.792.